The molecule has 0 unspecified atom stereocenters. The van der Waals surface area contributed by atoms with Crippen LogP contribution in [0.1, 0.15) is 17.3 Å². The number of hydrogen-bond acceptors (Lipinski definition) is 3. The standard InChI is InChI=1S/C10H13NO4S/c1-3-11(16(2,14)15)9-7-5-4-6-8(9)10(12)13/h4-7H,3H2,1-2H3,(H,12,13). The summed E-state index contributed by atoms with van der Waals surface area (Å²) in [7, 11) is -3.45. The molecule has 0 aromatic heterocycles. The second-order valence-corrected chi connectivity index (χ2v) is 5.16. The van der Waals surface area contributed by atoms with Crippen molar-refractivity contribution < 1.29 is 18.3 Å². The lowest BCUT2D eigenvalue weighted by Gasteiger charge is -2.21. The van der Waals surface area contributed by atoms with Gasteiger partial charge in [-0.25, -0.2) is 13.2 Å². The molecule has 0 bridgehead atoms. The summed E-state index contributed by atoms with van der Waals surface area (Å²) in [6.07, 6.45) is 1.05. The van der Waals surface area contributed by atoms with Gasteiger partial charge in [0.1, 0.15) is 0 Å². The molecule has 0 saturated heterocycles. The highest BCUT2D eigenvalue weighted by molar-refractivity contribution is 7.92. The van der Waals surface area contributed by atoms with E-state index in [1.165, 1.54) is 12.1 Å². The number of anilines is 1. The van der Waals surface area contributed by atoms with Crippen LogP contribution in [-0.4, -0.2) is 32.3 Å². The van der Waals surface area contributed by atoms with Gasteiger partial charge < -0.3 is 5.11 Å². The number of aromatic carboxylic acids is 1. The van der Waals surface area contributed by atoms with Gasteiger partial charge >= 0.3 is 5.97 Å². The summed E-state index contributed by atoms with van der Waals surface area (Å²) < 4.78 is 24.0. The molecule has 0 aliphatic carbocycles. The maximum absolute atomic E-state index is 11.5. The first kappa shape index (κ1) is 12.5. The molecule has 1 N–H and O–H groups in total. The summed E-state index contributed by atoms with van der Waals surface area (Å²) in [5, 5.41) is 8.95. The van der Waals surface area contributed by atoms with E-state index >= 15 is 0 Å². The molecule has 88 valence electrons. The van der Waals surface area contributed by atoms with Crippen molar-refractivity contribution in [1.29, 1.82) is 0 Å². The molecule has 6 heteroatoms. The molecule has 16 heavy (non-hydrogen) atoms. The second kappa shape index (κ2) is 4.52. The molecule has 0 heterocycles. The van der Waals surface area contributed by atoms with Crippen molar-refractivity contribution in [2.45, 2.75) is 6.92 Å². The minimum Gasteiger partial charge on any atom is -0.478 e. The Kier molecular flexibility index (Phi) is 3.54. The van der Waals surface area contributed by atoms with Crippen LogP contribution in [0, 0.1) is 0 Å². The molecule has 0 amide bonds. The lowest BCUT2D eigenvalue weighted by Crippen LogP contribution is -2.30. The number of carbonyl (C=O) groups is 1. The van der Waals surface area contributed by atoms with Gasteiger partial charge in [-0.3, -0.25) is 4.31 Å². The summed E-state index contributed by atoms with van der Waals surface area (Å²) in [4.78, 5) is 10.9. The number of para-hydroxylation sites is 1. The smallest absolute Gasteiger partial charge is 0.337 e. The van der Waals surface area contributed by atoms with Crippen LogP contribution in [-0.2, 0) is 10.0 Å². The van der Waals surface area contributed by atoms with Crippen molar-refractivity contribution >= 4 is 21.7 Å². The Morgan fingerprint density at radius 1 is 1.38 bits per heavy atom. The molecule has 0 atom stereocenters. The van der Waals surface area contributed by atoms with E-state index in [0.717, 1.165) is 10.6 Å². The fourth-order valence-corrected chi connectivity index (χ4v) is 2.44. The predicted octanol–water partition coefficient (Wildman–Crippen LogP) is 1.17. The third kappa shape index (κ3) is 2.52. The van der Waals surface area contributed by atoms with Crippen LogP contribution in [0.15, 0.2) is 24.3 Å². The minimum absolute atomic E-state index is 0.0187. The number of rotatable bonds is 4. The van der Waals surface area contributed by atoms with Gasteiger partial charge in [-0.2, -0.15) is 0 Å². The Morgan fingerprint density at radius 3 is 2.38 bits per heavy atom. The van der Waals surface area contributed by atoms with Crippen molar-refractivity contribution in [3.8, 4) is 0 Å². The molecular formula is C10H13NO4S. The first-order valence-electron chi connectivity index (χ1n) is 4.68. The summed E-state index contributed by atoms with van der Waals surface area (Å²) in [6.45, 7) is 1.85. The fourth-order valence-electron chi connectivity index (χ4n) is 1.46. The third-order valence-corrected chi connectivity index (χ3v) is 3.35. The van der Waals surface area contributed by atoms with Crippen molar-refractivity contribution in [3.05, 3.63) is 29.8 Å². The number of sulfonamides is 1. The van der Waals surface area contributed by atoms with E-state index in [-0.39, 0.29) is 17.8 Å². The molecule has 5 nitrogen and oxygen atoms in total. The average molecular weight is 243 g/mol. The van der Waals surface area contributed by atoms with Gasteiger partial charge in [-0.05, 0) is 19.1 Å². The van der Waals surface area contributed by atoms with E-state index < -0.39 is 16.0 Å². The van der Waals surface area contributed by atoms with E-state index in [1.807, 2.05) is 0 Å². The van der Waals surface area contributed by atoms with Crippen LogP contribution in [0.4, 0.5) is 5.69 Å². The van der Waals surface area contributed by atoms with Gasteiger partial charge in [-0.1, -0.05) is 12.1 Å². The number of benzene rings is 1. The molecule has 1 rings (SSSR count). The fraction of sp³-hybridized carbons (Fsp3) is 0.300. The zero-order valence-corrected chi connectivity index (χ0v) is 9.86. The quantitative estimate of drug-likeness (QED) is 0.861. The molecule has 0 aliphatic heterocycles. The molecular weight excluding hydrogens is 230 g/mol. The topological polar surface area (TPSA) is 74.7 Å². The second-order valence-electron chi connectivity index (χ2n) is 3.25. The molecule has 0 spiro atoms. The SMILES string of the molecule is CCN(c1ccccc1C(=O)O)S(C)(=O)=O. The number of carboxylic acids is 1. The van der Waals surface area contributed by atoms with Crippen molar-refractivity contribution in [2.24, 2.45) is 0 Å². The zero-order chi connectivity index (χ0) is 12.3. The lowest BCUT2D eigenvalue weighted by molar-refractivity contribution is 0.0698. The Balaban J connectivity index is 3.36. The molecule has 1 aromatic carbocycles. The average Bonchev–Trinajstić information content (AvgIpc) is 2.17. The van der Waals surface area contributed by atoms with Gasteiger partial charge in [0.15, 0.2) is 0 Å². The normalized spacial score (nSPS) is 11.1. The number of nitrogens with zero attached hydrogens (tertiary/aromatic N) is 1. The first-order chi connectivity index (χ1) is 7.38. The highest BCUT2D eigenvalue weighted by atomic mass is 32.2. The van der Waals surface area contributed by atoms with Crippen molar-refractivity contribution in [1.82, 2.24) is 0 Å². The Hall–Kier alpha value is -1.56. The summed E-state index contributed by atoms with van der Waals surface area (Å²) in [5.74, 6) is -1.14. The van der Waals surface area contributed by atoms with Crippen LogP contribution in [0.5, 0.6) is 0 Å². The minimum atomic E-state index is -3.45. The Labute approximate surface area is 94.4 Å². The van der Waals surface area contributed by atoms with E-state index in [9.17, 15) is 13.2 Å². The van der Waals surface area contributed by atoms with E-state index in [0.29, 0.717) is 0 Å². The zero-order valence-electron chi connectivity index (χ0n) is 9.04. The predicted molar refractivity (Wildman–Crippen MR) is 61.3 cm³/mol. The Morgan fingerprint density at radius 2 is 1.94 bits per heavy atom. The van der Waals surface area contributed by atoms with Crippen LogP contribution < -0.4 is 4.31 Å². The molecule has 1 aromatic rings. The van der Waals surface area contributed by atoms with E-state index in [1.54, 1.807) is 19.1 Å². The maximum Gasteiger partial charge on any atom is 0.337 e. The third-order valence-electron chi connectivity index (χ3n) is 2.09. The Bertz CT molecular complexity index is 495. The van der Waals surface area contributed by atoms with Crippen LogP contribution in [0.3, 0.4) is 0 Å². The number of carboxylic acid groups (broad SMARTS) is 1. The molecule has 0 radical (unpaired) electrons. The number of hydrogen-bond donors (Lipinski definition) is 1. The van der Waals surface area contributed by atoms with E-state index in [2.05, 4.69) is 0 Å². The van der Waals surface area contributed by atoms with Gasteiger partial charge in [0.05, 0.1) is 17.5 Å². The van der Waals surface area contributed by atoms with Gasteiger partial charge in [-0.15, -0.1) is 0 Å². The van der Waals surface area contributed by atoms with Gasteiger partial charge in [0, 0.05) is 6.54 Å². The van der Waals surface area contributed by atoms with Crippen LogP contribution >= 0.6 is 0 Å². The highest BCUT2D eigenvalue weighted by Crippen LogP contribution is 2.22. The maximum atomic E-state index is 11.5. The lowest BCUT2D eigenvalue weighted by atomic mass is 10.2. The highest BCUT2D eigenvalue weighted by Gasteiger charge is 2.20. The summed E-state index contributed by atoms with van der Waals surface area (Å²) >= 11 is 0. The monoisotopic (exact) mass is 243 g/mol. The van der Waals surface area contributed by atoms with Crippen LogP contribution in [0.25, 0.3) is 0 Å². The largest absolute Gasteiger partial charge is 0.478 e. The van der Waals surface area contributed by atoms with Crippen molar-refractivity contribution in [2.75, 3.05) is 17.1 Å². The molecule has 0 fully saturated rings. The molecule has 0 aliphatic rings. The summed E-state index contributed by atoms with van der Waals surface area (Å²) in [6, 6.07) is 6.03. The van der Waals surface area contributed by atoms with Gasteiger partial charge in [0.2, 0.25) is 10.0 Å². The first-order valence-corrected chi connectivity index (χ1v) is 6.52. The van der Waals surface area contributed by atoms with Crippen molar-refractivity contribution in [3.63, 3.8) is 0 Å². The van der Waals surface area contributed by atoms with E-state index in [4.69, 9.17) is 5.11 Å². The molecule has 0 saturated carbocycles. The van der Waals surface area contributed by atoms with Crippen LogP contribution in [0.2, 0.25) is 0 Å². The van der Waals surface area contributed by atoms with Gasteiger partial charge in [0.25, 0.3) is 0 Å². The summed E-state index contributed by atoms with van der Waals surface area (Å²) in [5.41, 5.74) is 0.176.